The Morgan fingerprint density at radius 2 is 2.09 bits per heavy atom. The van der Waals surface area contributed by atoms with Crippen molar-refractivity contribution in [1.82, 2.24) is 19.5 Å². The average Bonchev–Trinajstić information content (AvgIpc) is 2.76. The molecule has 0 fully saturated rings. The Morgan fingerprint density at radius 1 is 1.36 bits per heavy atom. The highest BCUT2D eigenvalue weighted by molar-refractivity contribution is 6.30. The molecule has 0 aliphatic heterocycles. The summed E-state index contributed by atoms with van der Waals surface area (Å²) >= 11 is 5.95. The molecule has 0 spiro atoms. The molecule has 0 aliphatic rings. The van der Waals surface area contributed by atoms with Gasteiger partial charge in [-0.25, -0.2) is 9.97 Å². The van der Waals surface area contributed by atoms with Crippen molar-refractivity contribution in [3.05, 3.63) is 85.4 Å². The van der Waals surface area contributed by atoms with Crippen molar-refractivity contribution in [1.29, 1.82) is 5.26 Å². The van der Waals surface area contributed by atoms with Gasteiger partial charge in [-0.05, 0) is 30.7 Å². The molecule has 0 amide bonds. The highest BCUT2D eigenvalue weighted by Gasteiger charge is 2.39. The van der Waals surface area contributed by atoms with Gasteiger partial charge in [-0.1, -0.05) is 18.2 Å². The smallest absolute Gasteiger partial charge is 0.314 e. The van der Waals surface area contributed by atoms with E-state index in [1.54, 1.807) is 7.05 Å². The quantitative estimate of drug-likeness (QED) is 0.502. The number of hydrogen-bond donors (Lipinski definition) is 2. The second-order valence-corrected chi connectivity index (χ2v) is 7.37. The predicted octanol–water partition coefficient (Wildman–Crippen LogP) is 3.40. The molecule has 0 saturated carbocycles. The Morgan fingerprint density at radius 3 is 2.70 bits per heavy atom. The highest BCUT2D eigenvalue weighted by atomic mass is 35.5. The largest absolute Gasteiger partial charge is 0.449 e. The molecule has 0 atom stereocenters. The molecule has 33 heavy (non-hydrogen) atoms. The number of alkyl halides is 2. The van der Waals surface area contributed by atoms with Gasteiger partial charge in [0, 0.05) is 18.3 Å². The van der Waals surface area contributed by atoms with Crippen LogP contribution in [0.4, 0.5) is 14.7 Å². The third-order valence-electron chi connectivity index (χ3n) is 4.50. The Balaban J connectivity index is 2.15. The van der Waals surface area contributed by atoms with E-state index in [4.69, 9.17) is 21.6 Å². The Hall–Kier alpha value is -4.04. The van der Waals surface area contributed by atoms with Gasteiger partial charge in [0.05, 0.1) is 30.1 Å². The molecule has 12 heteroatoms. The molecular formula is C21H17ClF2N6O3. The van der Waals surface area contributed by atoms with Crippen molar-refractivity contribution >= 4 is 17.5 Å². The SMILES string of the molecule is C=C(C)C(F)(F)c1ncn(Cc2cnc(NC)[nH]c2=O)c(=O)c1Oc1cc(Cl)cc(C#N)c1. The molecule has 2 heterocycles. The van der Waals surface area contributed by atoms with E-state index in [2.05, 4.69) is 26.8 Å². The fourth-order valence-corrected chi connectivity index (χ4v) is 2.97. The van der Waals surface area contributed by atoms with Crippen molar-refractivity contribution in [2.24, 2.45) is 0 Å². The van der Waals surface area contributed by atoms with Gasteiger partial charge >= 0.3 is 5.92 Å². The number of allylic oxidation sites excluding steroid dienone is 1. The van der Waals surface area contributed by atoms with Crippen molar-refractivity contribution in [3.8, 4) is 17.6 Å². The highest BCUT2D eigenvalue weighted by Crippen LogP contribution is 2.38. The summed E-state index contributed by atoms with van der Waals surface area (Å²) in [5, 5.41) is 11.9. The molecule has 1 aromatic carbocycles. The number of halogens is 3. The first-order valence-electron chi connectivity index (χ1n) is 9.35. The molecule has 0 bridgehead atoms. The van der Waals surface area contributed by atoms with E-state index in [0.717, 1.165) is 17.8 Å². The average molecular weight is 475 g/mol. The van der Waals surface area contributed by atoms with Gasteiger partial charge in [0.25, 0.3) is 11.1 Å². The fourth-order valence-electron chi connectivity index (χ4n) is 2.75. The fraction of sp³-hybridized carbons (Fsp3) is 0.190. The van der Waals surface area contributed by atoms with Gasteiger partial charge in [-0.3, -0.25) is 19.1 Å². The second kappa shape index (κ2) is 9.22. The number of nitrogens with one attached hydrogen (secondary N) is 2. The minimum atomic E-state index is -3.70. The van der Waals surface area contributed by atoms with Crippen LogP contribution in [0.2, 0.25) is 5.02 Å². The second-order valence-electron chi connectivity index (χ2n) is 6.94. The molecule has 2 aromatic heterocycles. The lowest BCUT2D eigenvalue weighted by molar-refractivity contribution is 0.0309. The summed E-state index contributed by atoms with van der Waals surface area (Å²) in [5.74, 6) is -4.40. The molecule has 0 saturated heterocycles. The van der Waals surface area contributed by atoms with Gasteiger partial charge in [-0.2, -0.15) is 14.0 Å². The zero-order valence-corrected chi connectivity index (χ0v) is 18.2. The summed E-state index contributed by atoms with van der Waals surface area (Å²) < 4.78 is 36.0. The molecule has 9 nitrogen and oxygen atoms in total. The third kappa shape index (κ3) is 4.91. The van der Waals surface area contributed by atoms with Gasteiger partial charge in [-0.15, -0.1) is 0 Å². The molecule has 2 N–H and O–H groups in total. The van der Waals surface area contributed by atoms with Gasteiger partial charge < -0.3 is 10.1 Å². The summed E-state index contributed by atoms with van der Waals surface area (Å²) in [7, 11) is 1.56. The molecule has 3 aromatic rings. The van der Waals surface area contributed by atoms with Crippen LogP contribution < -0.4 is 21.2 Å². The summed E-state index contributed by atoms with van der Waals surface area (Å²) in [6.45, 7) is 4.03. The number of benzene rings is 1. The number of hydrogen-bond acceptors (Lipinski definition) is 7. The number of anilines is 1. The first kappa shape index (κ1) is 23.6. The van der Waals surface area contributed by atoms with Crippen LogP contribution in [0.25, 0.3) is 0 Å². The van der Waals surface area contributed by atoms with Crippen LogP contribution >= 0.6 is 11.6 Å². The van der Waals surface area contributed by atoms with Crippen molar-refractivity contribution in [2.45, 2.75) is 19.4 Å². The van der Waals surface area contributed by atoms with Crippen LogP contribution in [-0.4, -0.2) is 26.6 Å². The molecule has 0 aliphatic carbocycles. The van der Waals surface area contributed by atoms with Crippen molar-refractivity contribution in [3.63, 3.8) is 0 Å². The maximum Gasteiger partial charge on any atom is 0.314 e. The van der Waals surface area contributed by atoms with E-state index < -0.39 is 34.1 Å². The molecule has 170 valence electrons. The van der Waals surface area contributed by atoms with Crippen molar-refractivity contribution < 1.29 is 13.5 Å². The summed E-state index contributed by atoms with van der Waals surface area (Å²) in [5.41, 5.74) is -2.88. The lowest BCUT2D eigenvalue weighted by atomic mass is 10.1. The van der Waals surface area contributed by atoms with Crippen LogP contribution in [0, 0.1) is 11.3 Å². The Labute approximate surface area is 191 Å². The summed E-state index contributed by atoms with van der Waals surface area (Å²) in [6, 6.07) is 5.69. The molecule has 0 radical (unpaired) electrons. The number of rotatable bonds is 7. The number of H-pyrrole nitrogens is 1. The van der Waals surface area contributed by atoms with E-state index in [0.29, 0.717) is 0 Å². The minimum Gasteiger partial charge on any atom is -0.449 e. The number of ether oxygens (including phenoxy) is 1. The Bertz CT molecular complexity index is 1390. The molecular weight excluding hydrogens is 458 g/mol. The van der Waals surface area contributed by atoms with E-state index in [-0.39, 0.29) is 34.4 Å². The van der Waals surface area contributed by atoms with E-state index in [9.17, 15) is 18.4 Å². The van der Waals surface area contributed by atoms with Crippen LogP contribution in [0.5, 0.6) is 11.5 Å². The normalized spacial score (nSPS) is 11.0. The zero-order chi connectivity index (χ0) is 24.3. The van der Waals surface area contributed by atoms with E-state index in [1.807, 2.05) is 6.07 Å². The summed E-state index contributed by atoms with van der Waals surface area (Å²) in [6.07, 6.45) is 2.12. The minimum absolute atomic E-state index is 0.0813. The lowest BCUT2D eigenvalue weighted by Crippen LogP contribution is -2.30. The zero-order valence-electron chi connectivity index (χ0n) is 17.4. The van der Waals surface area contributed by atoms with Gasteiger partial charge in [0.1, 0.15) is 5.75 Å². The third-order valence-corrected chi connectivity index (χ3v) is 4.72. The van der Waals surface area contributed by atoms with Crippen molar-refractivity contribution in [2.75, 3.05) is 12.4 Å². The first-order valence-corrected chi connectivity index (χ1v) is 9.72. The maximum atomic E-state index is 14.8. The van der Waals surface area contributed by atoms with E-state index in [1.165, 1.54) is 24.4 Å². The molecule has 0 unspecified atom stereocenters. The predicted molar refractivity (Wildman–Crippen MR) is 117 cm³/mol. The monoisotopic (exact) mass is 474 g/mol. The van der Waals surface area contributed by atoms with Crippen LogP contribution in [0.15, 0.2) is 52.5 Å². The number of aromatic amines is 1. The standard InChI is InChI=1S/C21H17ClF2N6O3/c1-11(2)21(23,24)17-16(33-15-5-12(7-25)4-14(22)6-15)19(32)30(10-28-17)9-13-8-27-20(26-3)29-18(13)31/h4-6,8,10H,1,9H2,2-3H3,(H2,26,27,29,31). The van der Waals surface area contributed by atoms with E-state index >= 15 is 0 Å². The molecule has 3 rings (SSSR count). The number of nitrogens with zero attached hydrogens (tertiary/aromatic N) is 4. The lowest BCUT2D eigenvalue weighted by Gasteiger charge is -2.20. The van der Waals surface area contributed by atoms with Crippen LogP contribution in [-0.2, 0) is 12.5 Å². The number of nitriles is 1. The topological polar surface area (TPSA) is 126 Å². The van der Waals surface area contributed by atoms with Gasteiger partial charge in [0.15, 0.2) is 5.69 Å². The van der Waals surface area contributed by atoms with Gasteiger partial charge in [0.2, 0.25) is 11.7 Å². The van der Waals surface area contributed by atoms with Crippen LogP contribution in [0.1, 0.15) is 23.7 Å². The Kier molecular flexibility index (Phi) is 6.60. The maximum absolute atomic E-state index is 14.8. The van der Waals surface area contributed by atoms with Crippen LogP contribution in [0.3, 0.4) is 0 Å². The first-order chi connectivity index (χ1) is 15.6. The number of aromatic nitrogens is 4. The summed E-state index contributed by atoms with van der Waals surface area (Å²) in [4.78, 5) is 35.5.